The predicted molar refractivity (Wildman–Crippen MR) is 74.8 cm³/mol. The number of anilines is 1. The molecule has 2 rings (SSSR count). The largest absolute Gasteiger partial charge is 0.456 e. The first-order valence-electron chi connectivity index (χ1n) is 4.95. The zero-order valence-electron chi connectivity index (χ0n) is 8.91. The quantitative estimate of drug-likeness (QED) is 0.670. The van der Waals surface area contributed by atoms with Gasteiger partial charge in [0.2, 0.25) is 0 Å². The zero-order chi connectivity index (χ0) is 11.5. The molecule has 3 heteroatoms. The van der Waals surface area contributed by atoms with Crippen molar-refractivity contribution in [1.29, 1.82) is 0 Å². The predicted octanol–water partition coefficient (Wildman–Crippen LogP) is 3.97. The van der Waals surface area contributed by atoms with Crippen LogP contribution in [-0.4, -0.2) is 0 Å². The molecular formula is C13H12INO. The second-order valence-electron chi connectivity index (χ2n) is 3.60. The Bertz CT molecular complexity index is 494. The molecule has 0 spiro atoms. The topological polar surface area (TPSA) is 35.2 Å². The normalized spacial score (nSPS) is 10.1. The van der Waals surface area contributed by atoms with Crippen LogP contribution in [0.5, 0.6) is 11.5 Å². The Morgan fingerprint density at radius 1 is 1.06 bits per heavy atom. The molecule has 0 saturated heterocycles. The highest BCUT2D eigenvalue weighted by molar-refractivity contribution is 14.1. The van der Waals surface area contributed by atoms with Crippen molar-refractivity contribution in [3.8, 4) is 11.5 Å². The smallest absolute Gasteiger partial charge is 0.140 e. The van der Waals surface area contributed by atoms with Gasteiger partial charge in [0.05, 0.1) is 3.57 Å². The van der Waals surface area contributed by atoms with Crippen LogP contribution < -0.4 is 10.5 Å². The first-order valence-corrected chi connectivity index (χ1v) is 6.02. The molecule has 16 heavy (non-hydrogen) atoms. The molecule has 0 amide bonds. The zero-order valence-corrected chi connectivity index (χ0v) is 11.1. The highest BCUT2D eigenvalue weighted by Gasteiger charge is 2.02. The summed E-state index contributed by atoms with van der Waals surface area (Å²) < 4.78 is 6.77. The Hall–Kier alpha value is -1.23. The highest BCUT2D eigenvalue weighted by atomic mass is 127. The van der Waals surface area contributed by atoms with Crippen LogP contribution in [0, 0.1) is 10.5 Å². The molecule has 2 N–H and O–H groups in total. The summed E-state index contributed by atoms with van der Waals surface area (Å²) in [5.74, 6) is 1.67. The Labute approximate surface area is 109 Å². The fraction of sp³-hybridized carbons (Fsp3) is 0.0769. The van der Waals surface area contributed by atoms with Crippen LogP contribution in [0.2, 0.25) is 0 Å². The van der Waals surface area contributed by atoms with Gasteiger partial charge < -0.3 is 10.5 Å². The summed E-state index contributed by atoms with van der Waals surface area (Å²) in [6.45, 7) is 2.05. The number of rotatable bonds is 2. The van der Waals surface area contributed by atoms with E-state index in [-0.39, 0.29) is 0 Å². The second kappa shape index (κ2) is 4.74. The third-order valence-corrected chi connectivity index (χ3v) is 3.05. The average Bonchev–Trinajstić information content (AvgIpc) is 2.25. The van der Waals surface area contributed by atoms with Crippen molar-refractivity contribution >= 4 is 28.3 Å². The maximum absolute atomic E-state index is 5.76. The van der Waals surface area contributed by atoms with E-state index in [9.17, 15) is 0 Å². The van der Waals surface area contributed by atoms with E-state index in [2.05, 4.69) is 29.5 Å². The van der Waals surface area contributed by atoms with Crippen molar-refractivity contribution in [2.75, 3.05) is 5.73 Å². The molecule has 0 aliphatic carbocycles. The van der Waals surface area contributed by atoms with E-state index in [1.807, 2.05) is 42.5 Å². The van der Waals surface area contributed by atoms with Gasteiger partial charge in [0.1, 0.15) is 11.5 Å². The summed E-state index contributed by atoms with van der Waals surface area (Å²) in [5.41, 5.74) is 7.65. The molecule has 0 unspecified atom stereocenters. The molecule has 2 aromatic rings. The lowest BCUT2D eigenvalue weighted by Crippen LogP contribution is -1.90. The number of aryl methyl sites for hydroxylation is 1. The van der Waals surface area contributed by atoms with Gasteiger partial charge in [0.25, 0.3) is 0 Å². The van der Waals surface area contributed by atoms with Gasteiger partial charge in [-0.2, -0.15) is 0 Å². The third kappa shape index (κ3) is 2.66. The highest BCUT2D eigenvalue weighted by Crippen LogP contribution is 2.28. The molecule has 2 aromatic carbocycles. The fourth-order valence-corrected chi connectivity index (χ4v) is 1.98. The Balaban J connectivity index is 2.23. The number of hydrogen-bond donors (Lipinski definition) is 1. The van der Waals surface area contributed by atoms with Crippen LogP contribution in [0.25, 0.3) is 0 Å². The Morgan fingerprint density at radius 2 is 1.75 bits per heavy atom. The van der Waals surface area contributed by atoms with Crippen molar-refractivity contribution < 1.29 is 4.74 Å². The maximum atomic E-state index is 5.76. The van der Waals surface area contributed by atoms with Crippen molar-refractivity contribution in [1.82, 2.24) is 0 Å². The van der Waals surface area contributed by atoms with Crippen molar-refractivity contribution in [2.24, 2.45) is 0 Å². The molecule has 0 bridgehead atoms. The number of nitrogen functional groups attached to an aromatic ring is 1. The molecule has 0 heterocycles. The molecule has 0 aliphatic heterocycles. The number of halogens is 1. The molecule has 82 valence electrons. The van der Waals surface area contributed by atoms with Gasteiger partial charge in [-0.3, -0.25) is 0 Å². The van der Waals surface area contributed by atoms with Gasteiger partial charge in [0.15, 0.2) is 0 Å². The molecule has 0 radical (unpaired) electrons. The van der Waals surface area contributed by atoms with E-state index in [1.54, 1.807) is 0 Å². The second-order valence-corrected chi connectivity index (χ2v) is 4.77. The van der Waals surface area contributed by atoms with Crippen molar-refractivity contribution in [3.05, 3.63) is 51.6 Å². The van der Waals surface area contributed by atoms with Gasteiger partial charge in [0, 0.05) is 5.69 Å². The fourth-order valence-electron chi connectivity index (χ4n) is 1.33. The van der Waals surface area contributed by atoms with Gasteiger partial charge in [-0.1, -0.05) is 17.7 Å². The molecular weight excluding hydrogens is 313 g/mol. The Kier molecular flexibility index (Phi) is 3.33. The first kappa shape index (κ1) is 11.3. The minimum atomic E-state index is 0.751. The van der Waals surface area contributed by atoms with Gasteiger partial charge >= 0.3 is 0 Å². The van der Waals surface area contributed by atoms with E-state index in [4.69, 9.17) is 10.5 Å². The van der Waals surface area contributed by atoms with Crippen molar-refractivity contribution in [3.63, 3.8) is 0 Å². The molecule has 0 atom stereocenters. The monoisotopic (exact) mass is 325 g/mol. The third-order valence-electron chi connectivity index (χ3n) is 2.20. The summed E-state index contributed by atoms with van der Waals surface area (Å²) in [7, 11) is 0. The van der Waals surface area contributed by atoms with Gasteiger partial charge in [-0.25, -0.2) is 0 Å². The summed E-state index contributed by atoms with van der Waals surface area (Å²) >= 11 is 2.21. The summed E-state index contributed by atoms with van der Waals surface area (Å²) in [4.78, 5) is 0. The maximum Gasteiger partial charge on any atom is 0.140 e. The molecule has 0 saturated carbocycles. The standard InChI is InChI=1S/C13H12INO/c1-9-2-5-11(6-3-9)16-13-7-4-10(15)8-12(13)14/h2-8H,15H2,1H3. The van der Waals surface area contributed by atoms with Crippen LogP contribution in [0.15, 0.2) is 42.5 Å². The van der Waals surface area contributed by atoms with Crippen LogP contribution in [0.4, 0.5) is 5.69 Å². The lowest BCUT2D eigenvalue weighted by molar-refractivity contribution is 0.479. The van der Waals surface area contributed by atoms with E-state index in [0.717, 1.165) is 20.8 Å². The molecule has 0 aliphatic rings. The lowest BCUT2D eigenvalue weighted by atomic mass is 10.2. The first-order chi connectivity index (χ1) is 7.65. The Morgan fingerprint density at radius 3 is 2.38 bits per heavy atom. The summed E-state index contributed by atoms with van der Waals surface area (Å²) in [5, 5.41) is 0. The van der Waals surface area contributed by atoms with E-state index < -0.39 is 0 Å². The van der Waals surface area contributed by atoms with Crippen LogP contribution in [0.3, 0.4) is 0 Å². The molecule has 0 fully saturated rings. The van der Waals surface area contributed by atoms with E-state index >= 15 is 0 Å². The number of nitrogens with two attached hydrogens (primary N) is 1. The summed E-state index contributed by atoms with van der Waals surface area (Å²) in [6, 6.07) is 13.6. The molecule has 2 nitrogen and oxygen atoms in total. The van der Waals surface area contributed by atoms with E-state index in [0.29, 0.717) is 0 Å². The molecule has 0 aromatic heterocycles. The summed E-state index contributed by atoms with van der Waals surface area (Å²) in [6.07, 6.45) is 0. The van der Waals surface area contributed by atoms with Crippen LogP contribution in [0.1, 0.15) is 5.56 Å². The van der Waals surface area contributed by atoms with Gasteiger partial charge in [-0.05, 0) is 59.8 Å². The van der Waals surface area contributed by atoms with Crippen molar-refractivity contribution in [2.45, 2.75) is 6.92 Å². The number of hydrogen-bond acceptors (Lipinski definition) is 2. The number of ether oxygens (including phenoxy) is 1. The van der Waals surface area contributed by atoms with Crippen LogP contribution in [-0.2, 0) is 0 Å². The SMILES string of the molecule is Cc1ccc(Oc2ccc(N)cc2I)cc1. The average molecular weight is 325 g/mol. The van der Waals surface area contributed by atoms with Crippen LogP contribution >= 0.6 is 22.6 Å². The van der Waals surface area contributed by atoms with E-state index in [1.165, 1.54) is 5.56 Å². The minimum absolute atomic E-state index is 0.751. The number of benzene rings is 2. The lowest BCUT2D eigenvalue weighted by Gasteiger charge is -2.08. The minimum Gasteiger partial charge on any atom is -0.456 e. The van der Waals surface area contributed by atoms with Gasteiger partial charge in [-0.15, -0.1) is 0 Å².